The zero-order valence-corrected chi connectivity index (χ0v) is 21.4. The molecule has 2 saturated carbocycles. The van der Waals surface area contributed by atoms with E-state index in [-0.39, 0.29) is 11.1 Å². The van der Waals surface area contributed by atoms with Gasteiger partial charge < -0.3 is 26.2 Å². The molecular weight excluding hydrogens is 508 g/mol. The molecule has 11 heteroatoms. The third-order valence-corrected chi connectivity index (χ3v) is 8.58. The number of aliphatic hydroxyl groups excluding tert-OH is 1. The zero-order chi connectivity index (χ0) is 28.8. The lowest BCUT2D eigenvalue weighted by Gasteiger charge is -2.57. The fraction of sp³-hybridized carbons (Fsp3) is 0.393. The predicted molar refractivity (Wildman–Crippen MR) is 134 cm³/mol. The standard InChI is InChI=1S/C28H28N2O9/c1-27(38)17-12(11-7-5-4-6-8-11)9-10-13(31)14(17)21(32)15-18(27)23(34)19-20(30(2)3)22(33)16(26(29)37)25(36)28(19,39)24(15)35/h4-10,15-16,18-20,23,31,34,38-39H,1-3H3,(H2,29,37)/t15?,16?,18-,19-,20+,23+,27?,28+/m0/s1. The van der Waals surface area contributed by atoms with Crippen molar-refractivity contribution in [3.8, 4) is 16.9 Å². The minimum Gasteiger partial charge on any atom is -0.507 e. The Morgan fingerprint density at radius 2 is 1.56 bits per heavy atom. The van der Waals surface area contributed by atoms with Crippen LogP contribution in [0, 0.1) is 23.7 Å². The van der Waals surface area contributed by atoms with Crippen LogP contribution in [-0.2, 0) is 24.8 Å². The summed E-state index contributed by atoms with van der Waals surface area (Å²) in [4.78, 5) is 68.0. The molecule has 204 valence electrons. The maximum atomic E-state index is 14.0. The third kappa shape index (κ3) is 3.34. The van der Waals surface area contributed by atoms with E-state index < -0.39 is 81.8 Å². The van der Waals surface area contributed by atoms with Crippen LogP contribution in [0.2, 0.25) is 0 Å². The van der Waals surface area contributed by atoms with Crippen LogP contribution in [0.1, 0.15) is 22.8 Å². The minimum absolute atomic E-state index is 0.0397. The number of nitrogens with two attached hydrogens (primary N) is 1. The number of hydrogen-bond donors (Lipinski definition) is 5. The van der Waals surface area contributed by atoms with Crippen LogP contribution < -0.4 is 5.73 Å². The van der Waals surface area contributed by atoms with Gasteiger partial charge in [-0.05, 0) is 38.2 Å². The number of phenolic OH excluding ortho intramolecular Hbond substituents is 1. The van der Waals surface area contributed by atoms with Gasteiger partial charge in [0.2, 0.25) is 5.91 Å². The molecule has 0 bridgehead atoms. The largest absolute Gasteiger partial charge is 0.507 e. The summed E-state index contributed by atoms with van der Waals surface area (Å²) < 4.78 is 0. The summed E-state index contributed by atoms with van der Waals surface area (Å²) in [6.45, 7) is 1.27. The fourth-order valence-corrected chi connectivity index (χ4v) is 6.96. The van der Waals surface area contributed by atoms with Crippen molar-refractivity contribution in [2.24, 2.45) is 29.4 Å². The van der Waals surface area contributed by atoms with E-state index in [0.29, 0.717) is 11.1 Å². The number of ketones is 4. The molecule has 6 N–H and O–H groups in total. The average molecular weight is 537 g/mol. The van der Waals surface area contributed by atoms with Crippen LogP contribution in [0.3, 0.4) is 0 Å². The average Bonchev–Trinajstić information content (AvgIpc) is 2.86. The summed E-state index contributed by atoms with van der Waals surface area (Å²) >= 11 is 0. The van der Waals surface area contributed by atoms with E-state index in [1.165, 1.54) is 38.1 Å². The van der Waals surface area contributed by atoms with Crippen molar-refractivity contribution < 1.29 is 44.4 Å². The summed E-state index contributed by atoms with van der Waals surface area (Å²) in [6, 6.07) is 9.83. The van der Waals surface area contributed by atoms with Crippen molar-refractivity contribution in [1.82, 2.24) is 4.90 Å². The molecular formula is C28H28N2O9. The molecule has 0 aromatic heterocycles. The first-order valence-corrected chi connectivity index (χ1v) is 12.4. The van der Waals surface area contributed by atoms with Gasteiger partial charge in [0, 0.05) is 11.5 Å². The van der Waals surface area contributed by atoms with E-state index in [4.69, 9.17) is 5.73 Å². The van der Waals surface area contributed by atoms with Crippen LogP contribution >= 0.6 is 0 Å². The minimum atomic E-state index is -3.14. The number of aliphatic hydroxyl groups is 3. The number of phenols is 1. The summed E-state index contributed by atoms with van der Waals surface area (Å²) in [7, 11) is 2.79. The first kappa shape index (κ1) is 26.8. The molecule has 0 spiro atoms. The van der Waals surface area contributed by atoms with Crippen molar-refractivity contribution in [2.75, 3.05) is 14.1 Å². The highest BCUT2D eigenvalue weighted by Gasteiger charge is 2.74. The molecule has 2 aromatic carbocycles. The van der Waals surface area contributed by atoms with Gasteiger partial charge in [0.25, 0.3) is 0 Å². The van der Waals surface area contributed by atoms with E-state index in [0.717, 1.165) is 0 Å². The van der Waals surface area contributed by atoms with E-state index in [1.54, 1.807) is 30.3 Å². The molecule has 0 heterocycles. The molecule has 0 aliphatic heterocycles. The highest BCUT2D eigenvalue weighted by atomic mass is 16.3. The summed E-state index contributed by atoms with van der Waals surface area (Å²) in [5.74, 6) is -14.5. The summed E-state index contributed by atoms with van der Waals surface area (Å²) in [5.41, 5.74) is 0.499. The van der Waals surface area contributed by atoms with Crippen LogP contribution in [0.15, 0.2) is 42.5 Å². The van der Waals surface area contributed by atoms with Gasteiger partial charge in [0.15, 0.2) is 34.7 Å². The second kappa shape index (κ2) is 8.62. The lowest BCUT2D eigenvalue weighted by Crippen LogP contribution is -2.78. The lowest BCUT2D eigenvalue weighted by molar-refractivity contribution is -0.210. The quantitative estimate of drug-likeness (QED) is 0.309. The SMILES string of the molecule is CN(C)[C@H]1C(=O)C(C(N)=O)C(=O)[C@]2(O)C(=O)C3C(=O)c4c(O)ccc(-c5ccccc5)c4C(C)(O)[C@@H]3[C@@H](O)[C@H]12. The van der Waals surface area contributed by atoms with E-state index in [2.05, 4.69) is 0 Å². The number of hydrogen-bond acceptors (Lipinski definition) is 10. The van der Waals surface area contributed by atoms with Gasteiger partial charge in [-0.15, -0.1) is 0 Å². The van der Waals surface area contributed by atoms with Crippen LogP contribution in [0.5, 0.6) is 5.75 Å². The number of primary amides is 1. The Hall–Kier alpha value is -3.77. The normalized spacial score (nSPS) is 35.9. The monoisotopic (exact) mass is 536 g/mol. The van der Waals surface area contributed by atoms with Gasteiger partial charge in [-0.1, -0.05) is 36.4 Å². The molecule has 2 fully saturated rings. The smallest absolute Gasteiger partial charge is 0.235 e. The van der Waals surface area contributed by atoms with Crippen LogP contribution in [0.25, 0.3) is 11.1 Å². The Morgan fingerprint density at radius 1 is 0.949 bits per heavy atom. The van der Waals surface area contributed by atoms with Crippen molar-refractivity contribution in [1.29, 1.82) is 0 Å². The second-order valence-corrected chi connectivity index (χ2v) is 10.9. The van der Waals surface area contributed by atoms with Crippen LogP contribution in [-0.4, -0.2) is 86.2 Å². The van der Waals surface area contributed by atoms with E-state index in [1.807, 2.05) is 0 Å². The molecule has 8 atom stereocenters. The Morgan fingerprint density at radius 3 is 2.13 bits per heavy atom. The van der Waals surface area contributed by atoms with Gasteiger partial charge in [-0.2, -0.15) is 0 Å². The van der Waals surface area contributed by atoms with E-state index >= 15 is 0 Å². The maximum absolute atomic E-state index is 14.0. The number of fused-ring (bicyclic) bond motifs is 3. The van der Waals surface area contributed by atoms with Crippen LogP contribution in [0.4, 0.5) is 0 Å². The zero-order valence-electron chi connectivity index (χ0n) is 21.4. The number of amides is 1. The predicted octanol–water partition coefficient (Wildman–Crippen LogP) is -0.830. The molecule has 5 rings (SSSR count). The first-order valence-electron chi connectivity index (χ1n) is 12.4. The molecule has 11 nitrogen and oxygen atoms in total. The molecule has 1 amide bonds. The van der Waals surface area contributed by atoms with Gasteiger partial charge in [0.05, 0.1) is 35.1 Å². The highest BCUT2D eigenvalue weighted by Crippen LogP contribution is 2.57. The Labute approximate surface area is 222 Å². The molecule has 39 heavy (non-hydrogen) atoms. The molecule has 3 unspecified atom stereocenters. The van der Waals surface area contributed by atoms with E-state index in [9.17, 15) is 44.4 Å². The van der Waals surface area contributed by atoms with Crippen molar-refractivity contribution in [2.45, 2.75) is 30.3 Å². The highest BCUT2D eigenvalue weighted by molar-refractivity contribution is 6.32. The molecule has 0 radical (unpaired) electrons. The number of carbonyl (C=O) groups is 5. The number of Topliss-reactive ketones (excluding diaryl/α,β-unsaturated/α-hetero) is 4. The Bertz CT molecular complexity index is 1450. The molecule has 3 aliphatic rings. The Balaban J connectivity index is 1.79. The number of likely N-dealkylation sites (N-methyl/N-ethyl adjacent to an activating group) is 1. The molecule has 3 aliphatic carbocycles. The van der Waals surface area contributed by atoms with Gasteiger partial charge in [0.1, 0.15) is 5.75 Å². The van der Waals surface area contributed by atoms with Gasteiger partial charge >= 0.3 is 0 Å². The number of aromatic hydroxyl groups is 1. The van der Waals surface area contributed by atoms with Gasteiger partial charge in [-0.3, -0.25) is 28.9 Å². The molecule has 2 aromatic rings. The fourth-order valence-electron chi connectivity index (χ4n) is 6.96. The lowest BCUT2D eigenvalue weighted by atomic mass is 9.48. The first-order chi connectivity index (χ1) is 18.2. The van der Waals surface area contributed by atoms with Gasteiger partial charge in [-0.25, -0.2) is 0 Å². The number of carbonyl (C=O) groups excluding carboxylic acids is 5. The van der Waals surface area contributed by atoms with Crippen molar-refractivity contribution in [3.63, 3.8) is 0 Å². The third-order valence-electron chi connectivity index (χ3n) is 8.58. The number of rotatable bonds is 3. The molecule has 0 saturated heterocycles. The number of benzene rings is 2. The Kier molecular flexibility index (Phi) is 5.93. The number of nitrogens with zero attached hydrogens (tertiary/aromatic N) is 1. The summed E-state index contributed by atoms with van der Waals surface area (Å²) in [6.07, 6.45) is -1.95. The topological polar surface area (TPSA) is 196 Å². The van der Waals surface area contributed by atoms with Crippen molar-refractivity contribution >= 4 is 29.0 Å². The summed E-state index contributed by atoms with van der Waals surface area (Å²) in [5, 5.41) is 46.2. The maximum Gasteiger partial charge on any atom is 0.235 e. The van der Waals surface area contributed by atoms with Crippen molar-refractivity contribution in [3.05, 3.63) is 53.6 Å². The second-order valence-electron chi connectivity index (χ2n) is 10.9.